The van der Waals surface area contributed by atoms with Crippen molar-refractivity contribution in [3.63, 3.8) is 0 Å². The number of nitrogens with one attached hydrogen (secondary N) is 4. The number of hydrogen-bond acceptors (Lipinski definition) is 20. The molecule has 14 rings (SSSR count). The molecule has 2 saturated carbocycles. The van der Waals surface area contributed by atoms with E-state index in [0.717, 1.165) is 107 Å². The fraction of sp³-hybridized carbons (Fsp3) is 0.470. The van der Waals surface area contributed by atoms with E-state index in [1.54, 1.807) is 113 Å². The third-order valence-corrected chi connectivity index (χ3v) is 21.0. The van der Waals surface area contributed by atoms with Crippen LogP contribution >= 0.6 is 15.9 Å². The number of anilines is 4. The summed E-state index contributed by atoms with van der Waals surface area (Å²) in [4.78, 5) is 64.3. The number of aryl methyl sites for hydroxylation is 2. The number of aliphatic hydroxyl groups is 2. The van der Waals surface area contributed by atoms with Crippen molar-refractivity contribution in [3.8, 4) is 58.8 Å². The third-order valence-electron chi connectivity index (χ3n) is 19.6. The largest absolute Gasteiger partial charge is 0.490 e. The Morgan fingerprint density at radius 2 is 0.867 bits per heavy atom. The molecule has 30 heteroatoms. The molecule has 2 aromatic carbocycles. The summed E-state index contributed by atoms with van der Waals surface area (Å²) in [5, 5.41) is 51.5. The van der Waals surface area contributed by atoms with Crippen LogP contribution in [0.4, 0.5) is 32.1 Å². The molecule has 600 valence electrons. The van der Waals surface area contributed by atoms with Gasteiger partial charge in [0.15, 0.2) is 93.8 Å². The van der Waals surface area contributed by atoms with Crippen LogP contribution in [0, 0.1) is 47.8 Å². The van der Waals surface area contributed by atoms with Crippen LogP contribution in [0.2, 0.25) is 19.6 Å². The van der Waals surface area contributed by atoms with Gasteiger partial charge >= 0.3 is 0 Å². The smallest absolute Gasteiger partial charge is 0.266 e. The molecule has 6 aliphatic rings. The van der Waals surface area contributed by atoms with E-state index in [1.165, 1.54) is 12.1 Å². The molecule has 8 aromatic rings. The molecule has 0 bridgehead atoms. The Hall–Kier alpha value is -10.4. The van der Waals surface area contributed by atoms with E-state index in [9.17, 15) is 38.2 Å². The number of unbranched alkanes of at least 4 members (excludes halogenated alkanes) is 5. The maximum Gasteiger partial charge on any atom is 0.266 e. The molecule has 2 fully saturated rings. The van der Waals surface area contributed by atoms with E-state index in [-0.39, 0.29) is 54.3 Å². The summed E-state index contributed by atoms with van der Waals surface area (Å²) in [5.41, 5.74) is 3.14. The average Bonchev–Trinajstić information content (AvgIpc) is 1.44. The second-order valence-electron chi connectivity index (χ2n) is 29.6. The summed E-state index contributed by atoms with van der Waals surface area (Å²) < 4.78 is 66.2. The summed E-state index contributed by atoms with van der Waals surface area (Å²) in [6.45, 7) is 11.6. The Morgan fingerprint density at radius 1 is 0.531 bits per heavy atom. The zero-order valence-electron chi connectivity index (χ0n) is 64.6. The van der Waals surface area contributed by atoms with E-state index in [0.29, 0.717) is 127 Å². The second kappa shape index (κ2) is 41.4. The number of fused-ring (bicyclic) bond motifs is 4. The Kier molecular flexibility index (Phi) is 31.2. The van der Waals surface area contributed by atoms with Crippen molar-refractivity contribution in [1.82, 2.24) is 49.9 Å². The second-order valence-corrected chi connectivity index (χ2v) is 35.2. The van der Waals surface area contributed by atoms with E-state index in [1.807, 2.05) is 19.9 Å². The summed E-state index contributed by atoms with van der Waals surface area (Å²) in [5.74, 6) is 6.81. The molecule has 4 amide bonds. The van der Waals surface area contributed by atoms with Crippen molar-refractivity contribution >= 4 is 70.9 Å². The fourth-order valence-electron chi connectivity index (χ4n) is 12.3. The minimum Gasteiger partial charge on any atom is -0.490 e. The van der Waals surface area contributed by atoms with Gasteiger partial charge in [0.05, 0.1) is 50.1 Å². The number of hydrogen-bond donors (Lipinski definition) is 6. The molecule has 2 aliphatic carbocycles. The molecule has 6 N–H and O–H groups in total. The molecule has 6 atom stereocenters. The van der Waals surface area contributed by atoms with Crippen LogP contribution in [0.25, 0.3) is 0 Å². The predicted molar refractivity (Wildman–Crippen MR) is 429 cm³/mol. The number of halogens is 3. The van der Waals surface area contributed by atoms with Crippen molar-refractivity contribution in [3.05, 3.63) is 156 Å². The number of alkyl halides is 1. The average molecular weight is 1630 g/mol. The molecule has 6 aromatic heterocycles. The van der Waals surface area contributed by atoms with Gasteiger partial charge in [-0.2, -0.15) is 0 Å². The fourth-order valence-corrected chi connectivity index (χ4v) is 12.7. The van der Waals surface area contributed by atoms with Crippen molar-refractivity contribution in [2.24, 2.45) is 11.8 Å². The van der Waals surface area contributed by atoms with E-state index < -0.39 is 49.2 Å². The Balaban J connectivity index is 0.000000165. The topological polar surface area (TPSA) is 325 Å². The van der Waals surface area contributed by atoms with Crippen molar-refractivity contribution < 1.29 is 66.6 Å². The first kappa shape index (κ1) is 85.0. The minimum atomic E-state index is -1.26. The minimum absolute atomic E-state index is 0.0965. The van der Waals surface area contributed by atoms with Gasteiger partial charge < -0.3 is 59.9 Å². The first-order valence-corrected chi connectivity index (χ1v) is 43.4. The van der Waals surface area contributed by atoms with Crippen LogP contribution in [0.1, 0.15) is 158 Å². The normalized spacial score (nSPS) is 17.9. The summed E-state index contributed by atoms with van der Waals surface area (Å²) in [7, 11) is -1.10. The molecule has 0 spiro atoms. The molecule has 4 unspecified atom stereocenters. The van der Waals surface area contributed by atoms with E-state index >= 15 is 0 Å². The maximum atomic E-state index is 14.3. The van der Waals surface area contributed by atoms with Crippen LogP contribution in [-0.2, 0) is 56.3 Å². The third kappa shape index (κ3) is 25.3. The lowest BCUT2D eigenvalue weighted by Gasteiger charge is -2.28. The molecular formula is C83H101BrF2N14O12Si. The van der Waals surface area contributed by atoms with Crippen LogP contribution in [0.3, 0.4) is 0 Å². The van der Waals surface area contributed by atoms with Gasteiger partial charge in [-0.3, -0.25) is 19.2 Å². The number of rotatable bonds is 32. The highest BCUT2D eigenvalue weighted by atomic mass is 79.9. The van der Waals surface area contributed by atoms with Crippen LogP contribution in [0.15, 0.2) is 122 Å². The maximum absolute atomic E-state index is 14.3. The molecule has 0 saturated heterocycles. The summed E-state index contributed by atoms with van der Waals surface area (Å²) in [6, 6.07) is 23.4. The molecule has 113 heavy (non-hydrogen) atoms. The lowest BCUT2D eigenvalue weighted by molar-refractivity contribution is -0.124. The summed E-state index contributed by atoms with van der Waals surface area (Å²) >= 11 is 3.36. The van der Waals surface area contributed by atoms with Gasteiger partial charge in [0, 0.05) is 36.5 Å². The van der Waals surface area contributed by atoms with Crippen molar-refractivity contribution in [2.75, 3.05) is 39.8 Å². The monoisotopic (exact) mass is 1630 g/mol. The Morgan fingerprint density at radius 3 is 1.18 bits per heavy atom. The highest BCUT2D eigenvalue weighted by Crippen LogP contribution is 2.38. The number of carbonyl (C=O) groups excluding carboxylic acids is 4. The molecule has 10 heterocycles. The van der Waals surface area contributed by atoms with Gasteiger partial charge in [-0.1, -0.05) is 72.0 Å². The van der Waals surface area contributed by atoms with Gasteiger partial charge in [0.1, 0.15) is 19.3 Å². The molecule has 4 aliphatic heterocycles. The van der Waals surface area contributed by atoms with Gasteiger partial charge in [0.2, 0.25) is 0 Å². The highest BCUT2D eigenvalue weighted by molar-refractivity contribution is 9.09. The number of benzene rings is 2. The van der Waals surface area contributed by atoms with Crippen LogP contribution in [0.5, 0.6) is 34.5 Å². The number of carbonyl (C=O) groups is 4. The van der Waals surface area contributed by atoms with Gasteiger partial charge in [0.25, 0.3) is 23.6 Å². The number of amides is 4. The number of terminal acetylenes is 2. The summed E-state index contributed by atoms with van der Waals surface area (Å²) in [6.07, 6.45) is 35.1. The molecular weight excluding hydrogens is 1530 g/mol. The number of nitrogens with zero attached hydrogens (tertiary/aromatic N) is 10. The zero-order valence-corrected chi connectivity index (χ0v) is 67.2. The van der Waals surface area contributed by atoms with Crippen molar-refractivity contribution in [2.45, 2.75) is 217 Å². The number of aromatic nitrogens is 10. The Bertz CT molecular complexity index is 4380. The number of ether oxygens (including phenoxy) is 6. The zero-order chi connectivity index (χ0) is 80.3. The molecule has 26 nitrogen and oxygen atoms in total. The van der Waals surface area contributed by atoms with Crippen molar-refractivity contribution in [1.29, 1.82) is 0 Å². The lowest BCUT2D eigenvalue weighted by Crippen LogP contribution is -2.37. The molecule has 0 radical (unpaired) electrons. The predicted octanol–water partition coefficient (Wildman–Crippen LogP) is 13.8. The highest BCUT2D eigenvalue weighted by Gasteiger charge is 2.36. The van der Waals surface area contributed by atoms with Gasteiger partial charge in [-0.25, -0.2) is 38.1 Å². The SMILES string of the molecule is C#CCCCCC1Oc2cccnc2NC1=O.C#C[Si](C)(C)C.CC[C@@](O)(Cn1nncc1CCCCC1Oc2cccnc2NC1=O)c1ccc(F)c(OCC2CC2)c1.CC[C@@](O)(Cn1nncc1CCCCC1Oc2cccnc2NC1=O)c1ccc(F)c(OCC2CC2)c1.O=C1Nc2ncccc2OC1CCCCBr. The van der Waals surface area contributed by atoms with E-state index in [4.69, 9.17) is 41.3 Å². The standard InChI is InChI=1S/2C27H32FN5O4.C13H14N2O2.C11H13BrN2O2.C5H10Si/c2*1-2-27(35,19-11-12-21(28)24(14-19)36-16-18-9-10-18)17-33-20(15-30-32-33)6-3-4-7-23-26(34)31-25-22(37-23)8-5-13-29-25;1-2-3-4-5-7-11-13(16)15-12-10(17-11)8-6-9-14-12;12-6-2-1-4-9-11(15)14-10-8(16-9)5-3-7-13-10;1-5-6(2,3)4/h2*5,8,11-15,18,23,35H,2-4,6-7,9-10,16-17H2,1H3,(H,29,31,34);1,6,8-9,11H,3-5,7H2,(H,14,15,16);3,5,7,9H,1-2,4,6H2,(H,13,14,15);1H,2-4H3/t2*23?,27-;;;/m11.../s1. The van der Waals surface area contributed by atoms with E-state index in [2.05, 4.69) is 109 Å². The Labute approximate surface area is 667 Å². The first-order valence-electron chi connectivity index (χ1n) is 38.8. The van der Waals surface area contributed by atoms with Crippen LogP contribution < -0.4 is 49.7 Å². The first-order chi connectivity index (χ1) is 54.6. The lowest BCUT2D eigenvalue weighted by atomic mass is 9.90. The van der Waals surface area contributed by atoms with Crippen LogP contribution in [-0.4, -0.2) is 135 Å². The number of pyridine rings is 4. The quantitative estimate of drug-likeness (QED) is 0.00987. The van der Waals surface area contributed by atoms with Gasteiger partial charge in [-0.05, 0) is 224 Å². The van der Waals surface area contributed by atoms with Gasteiger partial charge in [-0.15, -0.1) is 34.5 Å².